The summed E-state index contributed by atoms with van der Waals surface area (Å²) in [5.74, 6) is -0.0494. The number of rotatable bonds is 5. The van der Waals surface area contributed by atoms with Crippen LogP contribution in [0.3, 0.4) is 0 Å². The molecule has 1 fully saturated rings. The second kappa shape index (κ2) is 7.25. The number of ether oxygens (including phenoxy) is 1. The lowest BCUT2D eigenvalue weighted by Crippen LogP contribution is -2.46. The molecule has 1 amide bonds. The number of benzene rings is 1. The van der Waals surface area contributed by atoms with E-state index in [1.807, 2.05) is 25.1 Å². The number of nitrogens with one attached hydrogen (secondary N) is 1. The summed E-state index contributed by atoms with van der Waals surface area (Å²) >= 11 is 6.06. The first-order valence-electron chi connectivity index (χ1n) is 7.30. The smallest absolute Gasteiger partial charge is 0.220 e. The van der Waals surface area contributed by atoms with E-state index in [0.29, 0.717) is 45.4 Å². The molecule has 2 N–H and O–H groups in total. The fourth-order valence-corrected chi connectivity index (χ4v) is 2.53. The van der Waals surface area contributed by atoms with E-state index in [2.05, 4.69) is 5.32 Å². The molecular weight excluding hydrogens is 290 g/mol. The van der Waals surface area contributed by atoms with Gasteiger partial charge in [0.2, 0.25) is 5.91 Å². The molecule has 0 aromatic heterocycles. The van der Waals surface area contributed by atoms with E-state index in [1.165, 1.54) is 0 Å². The zero-order valence-corrected chi connectivity index (χ0v) is 13.1. The van der Waals surface area contributed by atoms with Crippen molar-refractivity contribution in [1.29, 1.82) is 0 Å². The Labute approximate surface area is 130 Å². The Morgan fingerprint density at radius 1 is 1.43 bits per heavy atom. The second-order valence-electron chi connectivity index (χ2n) is 5.70. The van der Waals surface area contributed by atoms with Gasteiger partial charge in [0.25, 0.3) is 0 Å². The van der Waals surface area contributed by atoms with Crippen molar-refractivity contribution in [2.75, 3.05) is 19.8 Å². The fourth-order valence-electron chi connectivity index (χ4n) is 2.33. The highest BCUT2D eigenvalue weighted by atomic mass is 35.5. The first-order valence-corrected chi connectivity index (χ1v) is 7.68. The van der Waals surface area contributed by atoms with Crippen LogP contribution in [0.1, 0.15) is 30.4 Å². The summed E-state index contributed by atoms with van der Waals surface area (Å²) in [6.07, 6.45) is 2.18. The first kappa shape index (κ1) is 16.3. The molecule has 1 aliphatic rings. The lowest BCUT2D eigenvalue weighted by atomic mass is 9.94. The van der Waals surface area contributed by atoms with Crippen LogP contribution < -0.4 is 5.32 Å². The van der Waals surface area contributed by atoms with Crippen LogP contribution in [0.2, 0.25) is 5.02 Å². The lowest BCUT2D eigenvalue weighted by Gasteiger charge is -2.32. The van der Waals surface area contributed by atoms with E-state index >= 15 is 0 Å². The van der Waals surface area contributed by atoms with Gasteiger partial charge in [-0.05, 0) is 30.5 Å². The molecule has 0 spiro atoms. The third kappa shape index (κ3) is 4.99. The molecular formula is C16H22ClNO3. The number of hydrogen-bond donors (Lipinski definition) is 2. The molecule has 0 atom stereocenters. The molecule has 1 aromatic rings. The van der Waals surface area contributed by atoms with Crippen LogP contribution in [0.5, 0.6) is 0 Å². The van der Waals surface area contributed by atoms with E-state index < -0.39 is 5.60 Å². The largest absolute Gasteiger partial charge is 0.388 e. The molecule has 4 nitrogen and oxygen atoms in total. The van der Waals surface area contributed by atoms with Gasteiger partial charge < -0.3 is 15.2 Å². The minimum absolute atomic E-state index is 0.0494. The van der Waals surface area contributed by atoms with Crippen molar-refractivity contribution in [3.63, 3.8) is 0 Å². The maximum Gasteiger partial charge on any atom is 0.220 e. The number of aliphatic hydroxyl groups is 1. The minimum atomic E-state index is -0.818. The number of amides is 1. The van der Waals surface area contributed by atoms with Gasteiger partial charge >= 0.3 is 0 Å². The molecule has 1 aliphatic heterocycles. The van der Waals surface area contributed by atoms with Gasteiger partial charge in [-0.3, -0.25) is 4.79 Å². The number of hydrogen-bond acceptors (Lipinski definition) is 3. The maximum absolute atomic E-state index is 11.9. The summed E-state index contributed by atoms with van der Waals surface area (Å²) in [5, 5.41) is 13.8. The Balaban J connectivity index is 1.75. The summed E-state index contributed by atoms with van der Waals surface area (Å²) < 4.78 is 5.21. The molecule has 0 aliphatic carbocycles. The first-order chi connectivity index (χ1) is 9.98. The number of carbonyl (C=O) groups excluding carboxylic acids is 1. The van der Waals surface area contributed by atoms with Crippen molar-refractivity contribution in [2.24, 2.45) is 0 Å². The van der Waals surface area contributed by atoms with Gasteiger partial charge in [0.15, 0.2) is 0 Å². The minimum Gasteiger partial charge on any atom is -0.388 e. The molecule has 0 bridgehead atoms. The van der Waals surface area contributed by atoms with Gasteiger partial charge in [-0.15, -0.1) is 0 Å². The lowest BCUT2D eigenvalue weighted by molar-refractivity contribution is -0.123. The molecule has 1 heterocycles. The number of halogens is 1. The Kier molecular flexibility index (Phi) is 5.62. The Bertz CT molecular complexity index is 498. The highest BCUT2D eigenvalue weighted by Gasteiger charge is 2.29. The predicted molar refractivity (Wildman–Crippen MR) is 82.5 cm³/mol. The normalized spacial score (nSPS) is 17.5. The quantitative estimate of drug-likeness (QED) is 0.877. The standard InChI is InChI=1S/C16H22ClNO3/c1-12-2-3-13(10-14(12)17)4-5-15(19)18-11-16(20)6-8-21-9-7-16/h2-3,10,20H,4-9,11H2,1H3,(H,18,19). The molecule has 1 aromatic carbocycles. The molecule has 0 saturated carbocycles. The van der Waals surface area contributed by atoms with E-state index in [4.69, 9.17) is 16.3 Å². The Morgan fingerprint density at radius 3 is 2.81 bits per heavy atom. The van der Waals surface area contributed by atoms with Crippen molar-refractivity contribution >= 4 is 17.5 Å². The summed E-state index contributed by atoms with van der Waals surface area (Å²) in [4.78, 5) is 11.9. The molecule has 1 saturated heterocycles. The van der Waals surface area contributed by atoms with Crippen molar-refractivity contribution in [2.45, 2.75) is 38.2 Å². The van der Waals surface area contributed by atoms with Crippen LogP contribution in [0.25, 0.3) is 0 Å². The SMILES string of the molecule is Cc1ccc(CCC(=O)NCC2(O)CCOCC2)cc1Cl. The van der Waals surface area contributed by atoms with Crippen LogP contribution in [-0.4, -0.2) is 36.4 Å². The zero-order valence-electron chi connectivity index (χ0n) is 12.3. The van der Waals surface area contributed by atoms with E-state index in [1.54, 1.807) is 0 Å². The van der Waals surface area contributed by atoms with Gasteiger partial charge in [-0.2, -0.15) is 0 Å². The molecule has 116 valence electrons. The average molecular weight is 312 g/mol. The molecule has 5 heteroatoms. The van der Waals surface area contributed by atoms with Gasteiger partial charge in [0.05, 0.1) is 5.60 Å². The highest BCUT2D eigenvalue weighted by molar-refractivity contribution is 6.31. The van der Waals surface area contributed by atoms with Crippen LogP contribution in [0, 0.1) is 6.92 Å². The summed E-state index contributed by atoms with van der Waals surface area (Å²) in [5.41, 5.74) is 1.26. The van der Waals surface area contributed by atoms with Crippen molar-refractivity contribution in [1.82, 2.24) is 5.32 Å². The van der Waals surface area contributed by atoms with Crippen LogP contribution in [-0.2, 0) is 16.0 Å². The van der Waals surface area contributed by atoms with Crippen LogP contribution >= 0.6 is 11.6 Å². The third-order valence-corrected chi connectivity index (χ3v) is 4.32. The second-order valence-corrected chi connectivity index (χ2v) is 6.10. The Morgan fingerprint density at radius 2 is 2.14 bits per heavy atom. The van der Waals surface area contributed by atoms with Crippen molar-refractivity contribution < 1.29 is 14.6 Å². The number of carbonyl (C=O) groups is 1. The van der Waals surface area contributed by atoms with Gasteiger partial charge in [0, 0.05) is 44.0 Å². The van der Waals surface area contributed by atoms with E-state index in [0.717, 1.165) is 16.1 Å². The topological polar surface area (TPSA) is 58.6 Å². The van der Waals surface area contributed by atoms with E-state index in [9.17, 15) is 9.90 Å². The van der Waals surface area contributed by atoms with Gasteiger partial charge in [-0.1, -0.05) is 23.7 Å². The molecule has 0 unspecified atom stereocenters. The molecule has 0 radical (unpaired) electrons. The van der Waals surface area contributed by atoms with Crippen LogP contribution in [0.4, 0.5) is 0 Å². The zero-order chi connectivity index (χ0) is 15.3. The highest BCUT2D eigenvalue weighted by Crippen LogP contribution is 2.20. The van der Waals surface area contributed by atoms with Gasteiger partial charge in [0.1, 0.15) is 0 Å². The summed E-state index contributed by atoms with van der Waals surface area (Å²) in [7, 11) is 0. The monoisotopic (exact) mass is 311 g/mol. The van der Waals surface area contributed by atoms with Crippen molar-refractivity contribution in [3.8, 4) is 0 Å². The summed E-state index contributed by atoms with van der Waals surface area (Å²) in [6.45, 7) is 3.35. The average Bonchev–Trinajstić information content (AvgIpc) is 2.47. The number of aryl methyl sites for hydroxylation is 2. The maximum atomic E-state index is 11.9. The Hall–Kier alpha value is -1.10. The van der Waals surface area contributed by atoms with E-state index in [-0.39, 0.29) is 5.91 Å². The molecule has 21 heavy (non-hydrogen) atoms. The third-order valence-electron chi connectivity index (χ3n) is 3.92. The molecule has 2 rings (SSSR count). The predicted octanol–water partition coefficient (Wildman–Crippen LogP) is 2.24. The summed E-state index contributed by atoms with van der Waals surface area (Å²) in [6, 6.07) is 5.84. The van der Waals surface area contributed by atoms with Gasteiger partial charge in [-0.25, -0.2) is 0 Å². The van der Waals surface area contributed by atoms with Crippen molar-refractivity contribution in [3.05, 3.63) is 34.3 Å². The van der Waals surface area contributed by atoms with Crippen LogP contribution in [0.15, 0.2) is 18.2 Å². The fraction of sp³-hybridized carbons (Fsp3) is 0.562.